The van der Waals surface area contributed by atoms with Crippen LogP contribution in [0.15, 0.2) is 91.0 Å². The van der Waals surface area contributed by atoms with Gasteiger partial charge in [0.25, 0.3) is 0 Å². The van der Waals surface area contributed by atoms with Crippen LogP contribution < -0.4 is 0 Å². The number of hydrogen-bond donors (Lipinski definition) is 1. The van der Waals surface area contributed by atoms with Gasteiger partial charge >= 0.3 is 0 Å². The maximum absolute atomic E-state index is 12.0. The van der Waals surface area contributed by atoms with Gasteiger partial charge < -0.3 is 10.0 Å². The highest BCUT2D eigenvalue weighted by molar-refractivity contribution is 5.37. The van der Waals surface area contributed by atoms with Crippen LogP contribution in [0.1, 0.15) is 55.2 Å². The average molecular weight is 414 g/mol. The highest BCUT2D eigenvalue weighted by Gasteiger charge is 2.41. The number of likely N-dealkylation sites (tertiary alicyclic amines) is 1. The van der Waals surface area contributed by atoms with Gasteiger partial charge in [-0.05, 0) is 73.8 Å². The summed E-state index contributed by atoms with van der Waals surface area (Å²) in [5.74, 6) is 0.844. The molecule has 2 heteroatoms. The molecule has 1 aliphatic rings. The van der Waals surface area contributed by atoms with Crippen LogP contribution >= 0.6 is 0 Å². The molecule has 31 heavy (non-hydrogen) atoms. The lowest BCUT2D eigenvalue weighted by atomic mass is 9.72. The Morgan fingerprint density at radius 3 is 1.81 bits per heavy atom. The molecule has 0 radical (unpaired) electrons. The average Bonchev–Trinajstić information content (AvgIpc) is 2.85. The van der Waals surface area contributed by atoms with Crippen molar-refractivity contribution < 1.29 is 5.11 Å². The fraction of sp³-hybridized carbons (Fsp3) is 0.379. The maximum Gasteiger partial charge on any atom is 0.117 e. The molecule has 1 fully saturated rings. The second-order valence-electron chi connectivity index (χ2n) is 9.07. The van der Waals surface area contributed by atoms with Crippen molar-refractivity contribution in [2.45, 2.75) is 44.1 Å². The fourth-order valence-electron chi connectivity index (χ4n) is 5.17. The minimum atomic E-state index is -0.920. The van der Waals surface area contributed by atoms with Crippen LogP contribution in [0.5, 0.6) is 0 Å². The normalized spacial score (nSPS) is 16.8. The van der Waals surface area contributed by atoms with Crippen molar-refractivity contribution in [1.82, 2.24) is 4.90 Å². The van der Waals surface area contributed by atoms with Crippen LogP contribution in [0.2, 0.25) is 0 Å². The largest absolute Gasteiger partial charge is 0.380 e. The molecule has 4 rings (SSSR count). The fourth-order valence-corrected chi connectivity index (χ4v) is 5.17. The van der Waals surface area contributed by atoms with Crippen LogP contribution in [0.3, 0.4) is 0 Å². The molecule has 0 aliphatic carbocycles. The zero-order valence-corrected chi connectivity index (χ0v) is 18.7. The number of hydrogen-bond acceptors (Lipinski definition) is 2. The van der Waals surface area contributed by atoms with Gasteiger partial charge in [0, 0.05) is 0 Å². The second kappa shape index (κ2) is 10.3. The Hall–Kier alpha value is -2.42. The van der Waals surface area contributed by atoms with E-state index < -0.39 is 5.60 Å². The topological polar surface area (TPSA) is 23.5 Å². The lowest BCUT2D eigenvalue weighted by Crippen LogP contribution is -2.44. The maximum atomic E-state index is 12.0. The van der Waals surface area contributed by atoms with E-state index in [4.69, 9.17) is 0 Å². The molecule has 0 bridgehead atoms. The third kappa shape index (κ3) is 5.08. The van der Waals surface area contributed by atoms with Gasteiger partial charge in [0.2, 0.25) is 0 Å². The van der Waals surface area contributed by atoms with Crippen LogP contribution in [-0.2, 0) is 5.60 Å². The molecule has 1 atom stereocenters. The molecule has 1 aliphatic heterocycles. The van der Waals surface area contributed by atoms with E-state index in [0.717, 1.165) is 43.6 Å². The van der Waals surface area contributed by atoms with Gasteiger partial charge in [-0.2, -0.15) is 0 Å². The number of benzene rings is 3. The predicted molar refractivity (Wildman–Crippen MR) is 129 cm³/mol. The first-order valence-electron chi connectivity index (χ1n) is 11.8. The summed E-state index contributed by atoms with van der Waals surface area (Å²) in [6.07, 6.45) is 4.49. The van der Waals surface area contributed by atoms with E-state index in [9.17, 15) is 5.11 Å². The number of aliphatic hydroxyl groups is 1. The first kappa shape index (κ1) is 21.8. The lowest BCUT2D eigenvalue weighted by Gasteiger charge is -2.42. The summed E-state index contributed by atoms with van der Waals surface area (Å²) in [5.41, 5.74) is 2.54. The third-order valence-electron chi connectivity index (χ3n) is 7.09. The van der Waals surface area contributed by atoms with E-state index in [1.807, 2.05) is 36.4 Å². The van der Waals surface area contributed by atoms with Gasteiger partial charge in [0.1, 0.15) is 5.60 Å². The van der Waals surface area contributed by atoms with E-state index in [-0.39, 0.29) is 5.92 Å². The quantitative estimate of drug-likeness (QED) is 0.474. The van der Waals surface area contributed by atoms with Crippen molar-refractivity contribution in [2.75, 3.05) is 19.6 Å². The molecular weight excluding hydrogens is 378 g/mol. The molecule has 0 aromatic heterocycles. The van der Waals surface area contributed by atoms with Crippen molar-refractivity contribution in [1.29, 1.82) is 0 Å². The molecular formula is C29H35NO. The summed E-state index contributed by atoms with van der Waals surface area (Å²) in [7, 11) is 0. The van der Waals surface area contributed by atoms with Crippen molar-refractivity contribution in [3.8, 4) is 0 Å². The Morgan fingerprint density at radius 2 is 1.29 bits per heavy atom. The zero-order valence-electron chi connectivity index (χ0n) is 18.7. The standard InChI is InChI=1S/C29H35NO/c1-24(25-13-5-2-6-14-25)12-11-21-30-22-19-28(20-23-30)29(31,26-15-7-3-8-16-26)27-17-9-4-10-18-27/h2-10,13-18,24,28,31H,11-12,19-23H2,1H3. The molecule has 1 unspecified atom stereocenters. The Bertz CT molecular complexity index is 862. The van der Waals surface area contributed by atoms with Gasteiger partial charge in [0.05, 0.1) is 0 Å². The van der Waals surface area contributed by atoms with Crippen LogP contribution in [0, 0.1) is 5.92 Å². The van der Waals surface area contributed by atoms with Crippen molar-refractivity contribution in [3.63, 3.8) is 0 Å². The summed E-state index contributed by atoms with van der Waals surface area (Å²) < 4.78 is 0. The summed E-state index contributed by atoms with van der Waals surface area (Å²) in [6.45, 7) is 5.61. The molecule has 0 spiro atoms. The van der Waals surface area contributed by atoms with Crippen LogP contribution in [0.25, 0.3) is 0 Å². The third-order valence-corrected chi connectivity index (χ3v) is 7.09. The number of rotatable bonds is 8. The van der Waals surface area contributed by atoms with Crippen molar-refractivity contribution in [2.24, 2.45) is 5.92 Å². The van der Waals surface area contributed by atoms with E-state index in [1.165, 1.54) is 18.4 Å². The molecule has 3 aromatic carbocycles. The van der Waals surface area contributed by atoms with Crippen molar-refractivity contribution in [3.05, 3.63) is 108 Å². The summed E-state index contributed by atoms with van der Waals surface area (Å²) in [5, 5.41) is 12.0. The molecule has 1 saturated heterocycles. The SMILES string of the molecule is CC(CCCN1CCC(C(O)(c2ccccc2)c2ccccc2)CC1)c1ccccc1. The van der Waals surface area contributed by atoms with E-state index >= 15 is 0 Å². The summed E-state index contributed by atoms with van der Waals surface area (Å²) in [4.78, 5) is 2.59. The van der Waals surface area contributed by atoms with Crippen LogP contribution in [0.4, 0.5) is 0 Å². The van der Waals surface area contributed by atoms with Crippen molar-refractivity contribution >= 4 is 0 Å². The number of nitrogens with zero attached hydrogens (tertiary/aromatic N) is 1. The van der Waals surface area contributed by atoms with E-state index in [0.29, 0.717) is 5.92 Å². The van der Waals surface area contributed by atoms with Gasteiger partial charge in [0.15, 0.2) is 0 Å². The molecule has 1 heterocycles. The smallest absolute Gasteiger partial charge is 0.117 e. The minimum absolute atomic E-state index is 0.233. The minimum Gasteiger partial charge on any atom is -0.380 e. The zero-order chi connectivity index (χ0) is 21.5. The monoisotopic (exact) mass is 413 g/mol. The van der Waals surface area contributed by atoms with Crippen LogP contribution in [-0.4, -0.2) is 29.6 Å². The Morgan fingerprint density at radius 1 is 0.806 bits per heavy atom. The Balaban J connectivity index is 1.36. The summed E-state index contributed by atoms with van der Waals surface area (Å²) >= 11 is 0. The molecule has 2 nitrogen and oxygen atoms in total. The van der Waals surface area contributed by atoms with Gasteiger partial charge in [-0.1, -0.05) is 97.9 Å². The first-order valence-corrected chi connectivity index (χ1v) is 11.8. The van der Waals surface area contributed by atoms with Gasteiger partial charge in [-0.3, -0.25) is 0 Å². The van der Waals surface area contributed by atoms with Gasteiger partial charge in [-0.25, -0.2) is 0 Å². The molecule has 0 saturated carbocycles. The second-order valence-corrected chi connectivity index (χ2v) is 9.07. The molecule has 3 aromatic rings. The molecule has 162 valence electrons. The highest BCUT2D eigenvalue weighted by Crippen LogP contribution is 2.41. The van der Waals surface area contributed by atoms with E-state index in [1.54, 1.807) is 0 Å². The highest BCUT2D eigenvalue weighted by atomic mass is 16.3. The molecule has 1 N–H and O–H groups in total. The predicted octanol–water partition coefficient (Wildman–Crippen LogP) is 6.22. The van der Waals surface area contributed by atoms with Gasteiger partial charge in [-0.15, -0.1) is 0 Å². The Kier molecular flexibility index (Phi) is 7.21. The first-order chi connectivity index (χ1) is 15.2. The number of piperidine rings is 1. The molecule has 0 amide bonds. The Labute approximate surface area is 187 Å². The van der Waals surface area contributed by atoms with E-state index in [2.05, 4.69) is 66.4 Å². The summed E-state index contributed by atoms with van der Waals surface area (Å²) in [6, 6.07) is 31.3. The lowest BCUT2D eigenvalue weighted by molar-refractivity contribution is -0.0143.